The summed E-state index contributed by atoms with van der Waals surface area (Å²) in [6.07, 6.45) is 6.05. The van der Waals surface area contributed by atoms with Crippen molar-refractivity contribution in [2.75, 3.05) is 0 Å². The molecule has 2 aliphatic carbocycles. The summed E-state index contributed by atoms with van der Waals surface area (Å²) in [5.41, 5.74) is 5.72. The van der Waals surface area contributed by atoms with Crippen molar-refractivity contribution in [2.45, 2.75) is 64.3 Å². The maximum atomic E-state index is 13.6. The lowest BCUT2D eigenvalue weighted by atomic mass is 9.68. The van der Waals surface area contributed by atoms with Gasteiger partial charge in [0.05, 0.1) is 29.5 Å². The normalized spacial score (nSPS) is 21.0. The average Bonchev–Trinajstić information content (AvgIpc) is 3.16. The van der Waals surface area contributed by atoms with Crippen LogP contribution in [0.15, 0.2) is 54.6 Å². The number of aryl methyl sites for hydroxylation is 2. The number of hydrogen-bond donors (Lipinski definition) is 1. The number of carbonyl (C=O) groups is 2. The summed E-state index contributed by atoms with van der Waals surface area (Å²) < 4.78 is 1.94. The van der Waals surface area contributed by atoms with Crippen molar-refractivity contribution in [3.63, 3.8) is 0 Å². The number of carbonyl (C=O) groups excluding carboxylic acids is 2. The monoisotopic (exact) mass is 441 g/mol. The Kier molecular flexibility index (Phi) is 5.88. The molecule has 0 aliphatic heterocycles. The van der Waals surface area contributed by atoms with E-state index in [-0.39, 0.29) is 24.0 Å². The van der Waals surface area contributed by atoms with Crippen LogP contribution < -0.4 is 5.32 Å². The quantitative estimate of drug-likeness (QED) is 0.614. The van der Waals surface area contributed by atoms with E-state index in [1.54, 1.807) is 0 Å². The fraction of sp³-hybridized carbons (Fsp3) is 0.393. The average molecular weight is 442 g/mol. The Morgan fingerprint density at radius 3 is 2.48 bits per heavy atom. The van der Waals surface area contributed by atoms with E-state index < -0.39 is 6.04 Å². The van der Waals surface area contributed by atoms with Gasteiger partial charge in [-0.1, -0.05) is 55.2 Å². The summed E-state index contributed by atoms with van der Waals surface area (Å²) in [7, 11) is 0. The van der Waals surface area contributed by atoms with Crippen LogP contribution in [-0.4, -0.2) is 27.5 Å². The highest BCUT2D eigenvalue weighted by molar-refractivity contribution is 5.99. The van der Waals surface area contributed by atoms with Crippen LogP contribution in [0, 0.1) is 19.8 Å². The van der Waals surface area contributed by atoms with Crippen molar-refractivity contribution in [1.82, 2.24) is 15.1 Å². The molecule has 33 heavy (non-hydrogen) atoms. The number of Topliss-reactive ketones (excluding diaryl/α,β-unsaturated/α-hetero) is 1. The number of hydrogen-bond acceptors (Lipinski definition) is 3. The summed E-state index contributed by atoms with van der Waals surface area (Å²) in [4.78, 5) is 26.8. The summed E-state index contributed by atoms with van der Waals surface area (Å²) in [6.45, 7) is 4.02. The highest BCUT2D eigenvalue weighted by Crippen LogP contribution is 2.44. The van der Waals surface area contributed by atoms with Gasteiger partial charge in [0.25, 0.3) is 5.91 Å². The molecular weight excluding hydrogens is 410 g/mol. The number of para-hydroxylation sites is 1. The summed E-state index contributed by atoms with van der Waals surface area (Å²) >= 11 is 0. The van der Waals surface area contributed by atoms with E-state index in [1.165, 1.54) is 24.8 Å². The molecule has 0 bridgehead atoms. The van der Waals surface area contributed by atoms with E-state index in [4.69, 9.17) is 5.10 Å². The largest absolute Gasteiger partial charge is 0.342 e. The van der Waals surface area contributed by atoms with Crippen molar-refractivity contribution in [3.8, 4) is 5.69 Å². The van der Waals surface area contributed by atoms with Crippen LogP contribution in [0.5, 0.6) is 0 Å². The van der Waals surface area contributed by atoms with Gasteiger partial charge in [0.1, 0.15) is 0 Å². The van der Waals surface area contributed by atoms with E-state index in [2.05, 4.69) is 5.32 Å². The molecule has 5 rings (SSSR count). The molecule has 5 nitrogen and oxygen atoms in total. The van der Waals surface area contributed by atoms with Crippen LogP contribution in [0.1, 0.15) is 70.9 Å². The van der Waals surface area contributed by atoms with Crippen LogP contribution in [0.3, 0.4) is 0 Å². The minimum Gasteiger partial charge on any atom is -0.342 e. The molecule has 2 atom stereocenters. The molecule has 1 amide bonds. The lowest BCUT2D eigenvalue weighted by Crippen LogP contribution is -2.50. The van der Waals surface area contributed by atoms with Gasteiger partial charge in [-0.25, -0.2) is 4.68 Å². The van der Waals surface area contributed by atoms with E-state index in [1.807, 2.05) is 73.1 Å². The van der Waals surface area contributed by atoms with E-state index in [0.717, 1.165) is 35.5 Å². The zero-order valence-electron chi connectivity index (χ0n) is 19.4. The molecule has 170 valence electrons. The molecule has 3 aromatic rings. The predicted octanol–water partition coefficient (Wildman–Crippen LogP) is 5.08. The smallest absolute Gasteiger partial charge is 0.251 e. The lowest BCUT2D eigenvalue weighted by Gasteiger charge is -2.39. The molecular formula is C28H31N3O2. The zero-order chi connectivity index (χ0) is 22.9. The maximum absolute atomic E-state index is 13.6. The topological polar surface area (TPSA) is 64.0 Å². The Hall–Kier alpha value is -3.21. The highest BCUT2D eigenvalue weighted by atomic mass is 16.2. The second-order valence-corrected chi connectivity index (χ2v) is 9.58. The standard InChI is InChI=1S/C28H31N3O2/c1-18-10-9-13-21(16-18)28(33)29-27-24(32)17-23-25(26(27)20-11-5-3-6-12-20)19(2)30-31(23)22-14-7-4-8-15-22/h4,7-10,13-16,20,26-27H,3,5-6,11-12,17H2,1-2H3,(H,29,33)/t26-,27+/m0/s1. The third-order valence-electron chi connectivity index (χ3n) is 7.31. The van der Waals surface area contributed by atoms with Gasteiger partial charge in [0.2, 0.25) is 0 Å². The first-order valence-electron chi connectivity index (χ1n) is 12.1. The molecule has 0 radical (unpaired) electrons. The van der Waals surface area contributed by atoms with E-state index in [0.29, 0.717) is 11.5 Å². The minimum absolute atomic E-state index is 0.0345. The number of aromatic nitrogens is 2. The highest BCUT2D eigenvalue weighted by Gasteiger charge is 2.44. The van der Waals surface area contributed by atoms with Gasteiger partial charge in [-0.05, 0) is 56.9 Å². The van der Waals surface area contributed by atoms with Crippen molar-refractivity contribution < 1.29 is 9.59 Å². The molecule has 2 aromatic carbocycles. The molecule has 1 fully saturated rings. The first-order chi connectivity index (χ1) is 16.0. The molecule has 0 saturated heterocycles. The summed E-state index contributed by atoms with van der Waals surface area (Å²) in [5.74, 6) is 0.245. The second kappa shape index (κ2) is 8.97. The Labute approximate surface area is 195 Å². The van der Waals surface area contributed by atoms with Gasteiger partial charge in [-0.15, -0.1) is 0 Å². The van der Waals surface area contributed by atoms with Gasteiger partial charge >= 0.3 is 0 Å². The van der Waals surface area contributed by atoms with Crippen LogP contribution in [0.2, 0.25) is 0 Å². The number of nitrogens with one attached hydrogen (secondary N) is 1. The first kappa shape index (κ1) is 21.6. The molecule has 0 spiro atoms. The van der Waals surface area contributed by atoms with E-state index >= 15 is 0 Å². The molecule has 2 aliphatic rings. The van der Waals surface area contributed by atoms with Crippen molar-refractivity contribution in [2.24, 2.45) is 5.92 Å². The van der Waals surface area contributed by atoms with Crippen LogP contribution in [0.25, 0.3) is 5.69 Å². The van der Waals surface area contributed by atoms with Crippen LogP contribution >= 0.6 is 0 Å². The zero-order valence-corrected chi connectivity index (χ0v) is 19.4. The maximum Gasteiger partial charge on any atom is 0.251 e. The molecule has 1 heterocycles. The summed E-state index contributed by atoms with van der Waals surface area (Å²) in [5, 5.41) is 8.03. The SMILES string of the molecule is Cc1cccc(C(=O)N[C@@H]2C(=O)Cc3c(c(C)nn3-c3ccccc3)[C@@H]2C2CCCCC2)c1. The van der Waals surface area contributed by atoms with E-state index in [9.17, 15) is 9.59 Å². The Balaban J connectivity index is 1.56. The molecule has 5 heteroatoms. The summed E-state index contributed by atoms with van der Waals surface area (Å²) in [6, 6.07) is 17.1. The number of benzene rings is 2. The van der Waals surface area contributed by atoms with Crippen molar-refractivity contribution in [3.05, 3.63) is 82.7 Å². The molecule has 1 N–H and O–H groups in total. The Morgan fingerprint density at radius 1 is 1.00 bits per heavy atom. The Bertz CT molecular complexity index is 1180. The van der Waals surface area contributed by atoms with Crippen LogP contribution in [0.4, 0.5) is 0 Å². The number of ketones is 1. The number of fused-ring (bicyclic) bond motifs is 1. The van der Waals surface area contributed by atoms with Gasteiger partial charge in [0.15, 0.2) is 5.78 Å². The van der Waals surface area contributed by atoms with Crippen molar-refractivity contribution >= 4 is 11.7 Å². The molecule has 1 saturated carbocycles. The van der Waals surface area contributed by atoms with Gasteiger partial charge in [0, 0.05) is 17.0 Å². The third-order valence-corrected chi connectivity index (χ3v) is 7.31. The van der Waals surface area contributed by atoms with Gasteiger partial charge < -0.3 is 5.32 Å². The molecule has 0 unspecified atom stereocenters. The molecule has 1 aromatic heterocycles. The predicted molar refractivity (Wildman–Crippen MR) is 129 cm³/mol. The Morgan fingerprint density at radius 2 is 1.76 bits per heavy atom. The third kappa shape index (κ3) is 4.12. The first-order valence-corrected chi connectivity index (χ1v) is 12.1. The number of amides is 1. The fourth-order valence-corrected chi connectivity index (χ4v) is 5.80. The number of nitrogens with zero attached hydrogens (tertiary/aromatic N) is 2. The van der Waals surface area contributed by atoms with Gasteiger partial charge in [-0.2, -0.15) is 5.10 Å². The minimum atomic E-state index is -0.513. The van der Waals surface area contributed by atoms with Crippen LogP contribution in [-0.2, 0) is 11.2 Å². The number of rotatable bonds is 4. The fourth-order valence-electron chi connectivity index (χ4n) is 5.80. The van der Waals surface area contributed by atoms with Gasteiger partial charge in [-0.3, -0.25) is 9.59 Å². The second-order valence-electron chi connectivity index (χ2n) is 9.58. The van der Waals surface area contributed by atoms with Crippen molar-refractivity contribution in [1.29, 1.82) is 0 Å². The lowest BCUT2D eigenvalue weighted by molar-refractivity contribution is -0.122.